The number of amides is 3. The molecule has 10 heteroatoms. The Hall–Kier alpha value is -3.27. The van der Waals surface area contributed by atoms with Crippen molar-refractivity contribution in [3.8, 4) is 11.5 Å². The summed E-state index contributed by atoms with van der Waals surface area (Å²) in [6, 6.07) is 11.4. The van der Waals surface area contributed by atoms with Crippen LogP contribution in [0.1, 0.15) is 23.7 Å². The van der Waals surface area contributed by atoms with Gasteiger partial charge in [0.2, 0.25) is 0 Å². The van der Waals surface area contributed by atoms with Gasteiger partial charge in [0.15, 0.2) is 17.7 Å². The quantitative estimate of drug-likeness (QED) is 0.467. The molecule has 0 heterocycles. The minimum Gasteiger partial charge on any atom is -0.496 e. The summed E-state index contributed by atoms with van der Waals surface area (Å²) in [5.41, 5.74) is 4.82. The molecule has 0 aliphatic carbocycles. The molecule has 0 saturated heterocycles. The van der Waals surface area contributed by atoms with Gasteiger partial charge in [0.1, 0.15) is 11.8 Å². The van der Waals surface area contributed by atoms with Gasteiger partial charge in [-0.05, 0) is 49.6 Å². The first-order chi connectivity index (χ1) is 15.4. The Balaban J connectivity index is 1.97. The first-order valence-electron chi connectivity index (χ1n) is 9.81. The van der Waals surface area contributed by atoms with Gasteiger partial charge in [-0.1, -0.05) is 24.3 Å². The van der Waals surface area contributed by atoms with Crippen molar-refractivity contribution in [2.75, 3.05) is 19.1 Å². The minimum atomic E-state index is -1.07. The molecule has 0 aromatic heterocycles. The van der Waals surface area contributed by atoms with Crippen LogP contribution in [0.5, 0.6) is 11.5 Å². The van der Waals surface area contributed by atoms with E-state index in [1.165, 1.54) is 44.0 Å². The van der Waals surface area contributed by atoms with Crippen molar-refractivity contribution < 1.29 is 28.2 Å². The van der Waals surface area contributed by atoms with Crippen LogP contribution in [0.25, 0.3) is 0 Å². The number of carbonyl (C=O) groups is 3. The number of carbonyl (C=O) groups excluding carboxylic acids is 3. The molecule has 172 valence electrons. The van der Waals surface area contributed by atoms with E-state index in [1.54, 1.807) is 30.3 Å². The zero-order chi connectivity index (χ0) is 23.5. The molecule has 0 bridgehead atoms. The molecule has 2 rings (SSSR count). The maximum absolute atomic E-state index is 13.7. The van der Waals surface area contributed by atoms with Crippen LogP contribution in [-0.2, 0) is 9.59 Å². The molecule has 2 aromatic rings. The summed E-state index contributed by atoms with van der Waals surface area (Å²) < 4.78 is 24.2. The van der Waals surface area contributed by atoms with Gasteiger partial charge in [-0.3, -0.25) is 25.2 Å². The second-order valence-electron chi connectivity index (χ2n) is 6.68. The number of hydrogen-bond donors (Lipinski definition) is 3. The lowest BCUT2D eigenvalue weighted by molar-refractivity contribution is -0.133. The number of halogens is 1. The second-order valence-corrected chi connectivity index (χ2v) is 7.66. The number of benzene rings is 2. The average molecular weight is 464 g/mol. The number of hydrazine groups is 1. The van der Waals surface area contributed by atoms with Crippen molar-refractivity contribution in [1.82, 2.24) is 16.2 Å². The predicted octanol–water partition coefficient (Wildman–Crippen LogP) is 2.30. The third kappa shape index (κ3) is 7.16. The average Bonchev–Trinajstić information content (AvgIpc) is 2.81. The SMILES string of the molecule is COc1ccccc1C(=O)N[C@@H](CCSC)C(=O)NNC(=O)[C@H](C)Oc1ccccc1F. The largest absolute Gasteiger partial charge is 0.496 e. The molecule has 0 aliphatic heterocycles. The van der Waals surface area contributed by atoms with E-state index in [-0.39, 0.29) is 11.3 Å². The van der Waals surface area contributed by atoms with Gasteiger partial charge in [0, 0.05) is 0 Å². The van der Waals surface area contributed by atoms with Crippen molar-refractivity contribution in [2.45, 2.75) is 25.5 Å². The van der Waals surface area contributed by atoms with Gasteiger partial charge in [0.25, 0.3) is 17.7 Å². The normalized spacial score (nSPS) is 12.2. The predicted molar refractivity (Wildman–Crippen MR) is 120 cm³/mol. The fourth-order valence-corrected chi connectivity index (χ4v) is 3.14. The fourth-order valence-electron chi connectivity index (χ4n) is 2.67. The lowest BCUT2D eigenvalue weighted by atomic mass is 10.1. The Kier molecular flexibility index (Phi) is 9.80. The highest BCUT2D eigenvalue weighted by molar-refractivity contribution is 7.98. The number of hydrogen-bond acceptors (Lipinski definition) is 6. The second kappa shape index (κ2) is 12.6. The summed E-state index contributed by atoms with van der Waals surface area (Å²) in [5, 5.41) is 2.67. The highest BCUT2D eigenvalue weighted by Crippen LogP contribution is 2.18. The molecule has 32 heavy (non-hydrogen) atoms. The molecular weight excluding hydrogens is 437 g/mol. The number of ether oxygens (including phenoxy) is 2. The van der Waals surface area contributed by atoms with E-state index in [9.17, 15) is 18.8 Å². The Morgan fingerprint density at radius 2 is 1.62 bits per heavy atom. The first-order valence-corrected chi connectivity index (χ1v) is 11.2. The summed E-state index contributed by atoms with van der Waals surface area (Å²) in [6.07, 6.45) is 1.14. The molecular formula is C22H26FN3O5S. The molecule has 0 aliphatic rings. The van der Waals surface area contributed by atoms with Gasteiger partial charge in [-0.25, -0.2) is 4.39 Å². The number of para-hydroxylation sites is 2. The van der Waals surface area contributed by atoms with E-state index in [0.29, 0.717) is 17.9 Å². The summed E-state index contributed by atoms with van der Waals surface area (Å²) in [6.45, 7) is 1.42. The van der Waals surface area contributed by atoms with E-state index in [2.05, 4.69) is 16.2 Å². The van der Waals surface area contributed by atoms with Crippen LogP contribution >= 0.6 is 11.8 Å². The smallest absolute Gasteiger partial charge is 0.279 e. The van der Waals surface area contributed by atoms with Crippen LogP contribution in [0, 0.1) is 5.82 Å². The number of nitrogens with one attached hydrogen (secondary N) is 3. The highest BCUT2D eigenvalue weighted by atomic mass is 32.2. The first kappa shape index (κ1) is 25.0. The van der Waals surface area contributed by atoms with E-state index in [4.69, 9.17) is 9.47 Å². The van der Waals surface area contributed by atoms with Gasteiger partial charge < -0.3 is 14.8 Å². The van der Waals surface area contributed by atoms with Gasteiger partial charge in [-0.2, -0.15) is 11.8 Å². The van der Waals surface area contributed by atoms with E-state index >= 15 is 0 Å². The summed E-state index contributed by atoms with van der Waals surface area (Å²) in [4.78, 5) is 37.5. The van der Waals surface area contributed by atoms with Crippen LogP contribution in [0.3, 0.4) is 0 Å². The van der Waals surface area contributed by atoms with Crippen LogP contribution in [0.15, 0.2) is 48.5 Å². The Morgan fingerprint density at radius 1 is 1.00 bits per heavy atom. The van der Waals surface area contributed by atoms with Crippen LogP contribution < -0.4 is 25.6 Å². The monoisotopic (exact) mass is 463 g/mol. The van der Waals surface area contributed by atoms with Gasteiger partial charge in [-0.15, -0.1) is 0 Å². The topological polar surface area (TPSA) is 106 Å². The maximum Gasteiger partial charge on any atom is 0.279 e. The van der Waals surface area contributed by atoms with Crippen molar-refractivity contribution >= 4 is 29.5 Å². The molecule has 3 amide bonds. The standard InChI is InChI=1S/C22H26FN3O5S/c1-14(31-19-11-7-5-9-16(19)23)20(27)25-26-22(29)17(12-13-32-3)24-21(28)15-8-4-6-10-18(15)30-2/h4-11,14,17H,12-13H2,1-3H3,(H,24,28)(H,25,27)(H,26,29)/t14-,17-/m0/s1. The summed E-state index contributed by atoms with van der Waals surface area (Å²) in [7, 11) is 1.45. The molecule has 0 fully saturated rings. The van der Waals surface area contributed by atoms with Crippen molar-refractivity contribution in [2.24, 2.45) is 0 Å². The molecule has 0 saturated carbocycles. The molecule has 2 aromatic carbocycles. The van der Waals surface area contributed by atoms with Gasteiger partial charge in [0.05, 0.1) is 12.7 Å². The third-order valence-electron chi connectivity index (χ3n) is 4.40. The number of rotatable bonds is 10. The van der Waals surface area contributed by atoms with E-state index in [1.807, 2.05) is 6.26 Å². The van der Waals surface area contributed by atoms with Crippen LogP contribution in [-0.4, -0.2) is 49.0 Å². The minimum absolute atomic E-state index is 0.0802. The zero-order valence-corrected chi connectivity index (χ0v) is 18.8. The fraction of sp³-hybridized carbons (Fsp3) is 0.318. The molecule has 0 unspecified atom stereocenters. The van der Waals surface area contributed by atoms with E-state index < -0.39 is 35.7 Å². The summed E-state index contributed by atoms with van der Waals surface area (Å²) in [5.74, 6) is -1.47. The summed E-state index contributed by atoms with van der Waals surface area (Å²) >= 11 is 1.51. The van der Waals surface area contributed by atoms with Crippen LogP contribution in [0.2, 0.25) is 0 Å². The van der Waals surface area contributed by atoms with E-state index in [0.717, 1.165) is 0 Å². The Labute approximate surface area is 190 Å². The van der Waals surface area contributed by atoms with Crippen molar-refractivity contribution in [3.05, 3.63) is 59.9 Å². The number of thioether (sulfide) groups is 1. The molecule has 0 radical (unpaired) electrons. The van der Waals surface area contributed by atoms with Crippen molar-refractivity contribution in [3.63, 3.8) is 0 Å². The molecule has 8 nitrogen and oxygen atoms in total. The zero-order valence-electron chi connectivity index (χ0n) is 18.0. The maximum atomic E-state index is 13.7. The van der Waals surface area contributed by atoms with Gasteiger partial charge >= 0.3 is 0 Å². The molecule has 2 atom stereocenters. The van der Waals surface area contributed by atoms with Crippen LogP contribution in [0.4, 0.5) is 4.39 Å². The lowest BCUT2D eigenvalue weighted by Gasteiger charge is -2.20. The molecule has 0 spiro atoms. The molecule has 3 N–H and O–H groups in total. The number of methoxy groups -OCH3 is 1. The highest BCUT2D eigenvalue weighted by Gasteiger charge is 2.24. The third-order valence-corrected chi connectivity index (χ3v) is 5.05. The Morgan fingerprint density at radius 3 is 2.28 bits per heavy atom. The Bertz CT molecular complexity index is 943. The van der Waals surface area contributed by atoms with Crippen molar-refractivity contribution in [1.29, 1.82) is 0 Å². The lowest BCUT2D eigenvalue weighted by Crippen LogP contribution is -2.54.